The summed E-state index contributed by atoms with van der Waals surface area (Å²) in [5, 5.41) is 4.17. The first-order chi connectivity index (χ1) is 14.9. The Morgan fingerprint density at radius 1 is 0.871 bits per heavy atom. The van der Waals surface area contributed by atoms with Gasteiger partial charge >= 0.3 is 0 Å². The van der Waals surface area contributed by atoms with Crippen LogP contribution in [-0.2, 0) is 26.5 Å². The van der Waals surface area contributed by atoms with E-state index < -0.39 is 20.0 Å². The van der Waals surface area contributed by atoms with Crippen molar-refractivity contribution in [3.63, 3.8) is 0 Å². The van der Waals surface area contributed by atoms with Crippen LogP contribution in [0.15, 0.2) is 76.8 Å². The number of nitrogens with one attached hydrogen (secondary N) is 1. The summed E-state index contributed by atoms with van der Waals surface area (Å²) in [6.45, 7) is 1.25. The number of nitrogens with zero attached hydrogens (tertiary/aromatic N) is 3. The fourth-order valence-electron chi connectivity index (χ4n) is 3.52. The van der Waals surface area contributed by atoms with E-state index in [2.05, 4.69) is 9.82 Å². The second-order valence-corrected chi connectivity index (χ2v) is 11.1. The minimum absolute atomic E-state index is 0.0434. The van der Waals surface area contributed by atoms with E-state index in [1.165, 1.54) is 28.6 Å². The molecule has 2 heterocycles. The molecule has 0 amide bonds. The topological polar surface area (TPSA) is 101 Å². The third-order valence-electron chi connectivity index (χ3n) is 5.25. The molecule has 1 N–H and O–H groups in total. The number of rotatable bonds is 8. The highest BCUT2D eigenvalue weighted by atomic mass is 32.2. The van der Waals surface area contributed by atoms with Gasteiger partial charge in [-0.15, -0.1) is 0 Å². The summed E-state index contributed by atoms with van der Waals surface area (Å²) < 4.78 is 56.1. The van der Waals surface area contributed by atoms with Crippen LogP contribution in [0, 0.1) is 0 Å². The Labute approximate surface area is 182 Å². The van der Waals surface area contributed by atoms with E-state index in [9.17, 15) is 16.8 Å². The smallest absolute Gasteiger partial charge is 0.241 e. The van der Waals surface area contributed by atoms with Crippen molar-refractivity contribution < 1.29 is 16.8 Å². The molecule has 164 valence electrons. The molecule has 10 heteroatoms. The van der Waals surface area contributed by atoms with Crippen LogP contribution in [0.5, 0.6) is 0 Å². The number of hydrogen-bond acceptors (Lipinski definition) is 5. The van der Waals surface area contributed by atoms with Gasteiger partial charge in [0.15, 0.2) is 0 Å². The Hall–Kier alpha value is -2.53. The van der Waals surface area contributed by atoms with Gasteiger partial charge in [0, 0.05) is 32.0 Å². The van der Waals surface area contributed by atoms with Crippen molar-refractivity contribution in [2.75, 3.05) is 19.6 Å². The first kappa shape index (κ1) is 21.7. The highest BCUT2D eigenvalue weighted by molar-refractivity contribution is 7.89. The van der Waals surface area contributed by atoms with Crippen molar-refractivity contribution in [1.29, 1.82) is 0 Å². The van der Waals surface area contributed by atoms with Crippen molar-refractivity contribution in [1.82, 2.24) is 18.8 Å². The molecule has 1 aromatic heterocycles. The molecule has 0 spiro atoms. The molecule has 8 nitrogen and oxygen atoms in total. The zero-order valence-corrected chi connectivity index (χ0v) is 18.5. The summed E-state index contributed by atoms with van der Waals surface area (Å²) in [7, 11) is -7.29. The Kier molecular flexibility index (Phi) is 6.24. The molecule has 1 aliphatic rings. The summed E-state index contributed by atoms with van der Waals surface area (Å²) in [5.74, 6) is 0. The molecular formula is C21H24N4O4S2. The van der Waals surface area contributed by atoms with E-state index in [-0.39, 0.29) is 16.3 Å². The molecule has 1 fully saturated rings. The van der Waals surface area contributed by atoms with Crippen LogP contribution in [0.4, 0.5) is 0 Å². The lowest BCUT2D eigenvalue weighted by atomic mass is 10.1. The summed E-state index contributed by atoms with van der Waals surface area (Å²) in [6, 6.07) is 15.0. The van der Waals surface area contributed by atoms with Crippen molar-refractivity contribution in [3.8, 4) is 5.69 Å². The Morgan fingerprint density at radius 2 is 1.52 bits per heavy atom. The van der Waals surface area contributed by atoms with Crippen molar-refractivity contribution in [2.45, 2.75) is 29.1 Å². The van der Waals surface area contributed by atoms with Crippen LogP contribution in [0.25, 0.3) is 5.69 Å². The summed E-state index contributed by atoms with van der Waals surface area (Å²) in [4.78, 5) is 0.160. The fraction of sp³-hybridized carbons (Fsp3) is 0.286. The molecule has 2 aromatic carbocycles. The fourth-order valence-corrected chi connectivity index (χ4v) is 6.07. The standard InChI is InChI=1S/C21H24N4O4S2/c26-30(27,20-8-10-21(11-9-20)31(28,29)24-15-1-2-16-24)23-14-12-18-4-6-19(7-5-18)25-17-3-13-22-25/h3-11,13,17,23H,1-2,12,14-16H2. The molecule has 0 atom stereocenters. The van der Waals surface area contributed by atoms with Crippen LogP contribution in [-0.4, -0.2) is 50.6 Å². The lowest BCUT2D eigenvalue weighted by molar-refractivity contribution is 0.477. The zero-order valence-electron chi connectivity index (χ0n) is 16.9. The SMILES string of the molecule is O=S(=O)(NCCc1ccc(-n2cccn2)cc1)c1ccc(S(=O)(=O)N2CCCC2)cc1. The average Bonchev–Trinajstić information content (AvgIpc) is 3.49. The number of sulfonamides is 2. The lowest BCUT2D eigenvalue weighted by Crippen LogP contribution is -2.28. The van der Waals surface area contributed by atoms with Gasteiger partial charge in [0.25, 0.3) is 0 Å². The van der Waals surface area contributed by atoms with Crippen LogP contribution in [0.1, 0.15) is 18.4 Å². The van der Waals surface area contributed by atoms with E-state index >= 15 is 0 Å². The van der Waals surface area contributed by atoms with Gasteiger partial charge in [-0.1, -0.05) is 12.1 Å². The van der Waals surface area contributed by atoms with Gasteiger partial charge in [0.05, 0.1) is 15.5 Å². The minimum atomic E-state index is -3.73. The molecule has 4 rings (SSSR count). The van der Waals surface area contributed by atoms with Gasteiger partial charge < -0.3 is 0 Å². The highest BCUT2D eigenvalue weighted by Crippen LogP contribution is 2.22. The maximum Gasteiger partial charge on any atom is 0.243 e. The van der Waals surface area contributed by atoms with Crippen molar-refractivity contribution >= 4 is 20.0 Å². The van der Waals surface area contributed by atoms with Gasteiger partial charge in [0.1, 0.15) is 0 Å². The number of aromatic nitrogens is 2. The van der Waals surface area contributed by atoms with E-state index in [4.69, 9.17) is 0 Å². The molecule has 0 bridgehead atoms. The predicted octanol–water partition coefficient (Wildman–Crippen LogP) is 2.18. The second-order valence-electron chi connectivity index (χ2n) is 7.35. The Morgan fingerprint density at radius 3 is 2.13 bits per heavy atom. The van der Waals surface area contributed by atoms with Crippen molar-refractivity contribution in [2.24, 2.45) is 0 Å². The molecule has 1 aliphatic heterocycles. The second kappa shape index (κ2) is 8.91. The van der Waals surface area contributed by atoms with Crippen molar-refractivity contribution in [3.05, 3.63) is 72.6 Å². The lowest BCUT2D eigenvalue weighted by Gasteiger charge is -2.15. The third kappa shape index (κ3) is 4.87. The van der Waals surface area contributed by atoms with Crippen LogP contribution >= 0.6 is 0 Å². The quantitative estimate of drug-likeness (QED) is 0.555. The first-order valence-corrected chi connectivity index (χ1v) is 13.0. The molecular weight excluding hydrogens is 436 g/mol. The van der Waals surface area contributed by atoms with Gasteiger partial charge in [-0.2, -0.15) is 9.40 Å². The van der Waals surface area contributed by atoms with Gasteiger partial charge in [-0.3, -0.25) is 0 Å². The predicted molar refractivity (Wildman–Crippen MR) is 117 cm³/mol. The van der Waals surface area contributed by atoms with Crippen LogP contribution in [0.2, 0.25) is 0 Å². The largest absolute Gasteiger partial charge is 0.243 e. The van der Waals surface area contributed by atoms with E-state index in [1.807, 2.05) is 36.5 Å². The summed E-state index contributed by atoms with van der Waals surface area (Å²) >= 11 is 0. The van der Waals surface area contributed by atoms with Gasteiger partial charge in [-0.05, 0) is 67.3 Å². The number of hydrogen-bond donors (Lipinski definition) is 1. The van der Waals surface area contributed by atoms with E-state index in [0.717, 1.165) is 24.1 Å². The Balaban J connectivity index is 1.36. The maximum absolute atomic E-state index is 12.6. The summed E-state index contributed by atoms with van der Waals surface area (Å²) in [6.07, 6.45) is 5.78. The minimum Gasteiger partial charge on any atom is -0.241 e. The maximum atomic E-state index is 12.6. The molecule has 0 radical (unpaired) electrons. The highest BCUT2D eigenvalue weighted by Gasteiger charge is 2.27. The number of benzene rings is 2. The Bertz CT molecular complexity index is 1220. The van der Waals surface area contributed by atoms with Gasteiger partial charge in [0.2, 0.25) is 20.0 Å². The first-order valence-electron chi connectivity index (χ1n) is 10.1. The molecule has 0 aliphatic carbocycles. The summed E-state index contributed by atoms with van der Waals surface area (Å²) in [5.41, 5.74) is 1.92. The molecule has 1 saturated heterocycles. The molecule has 0 saturated carbocycles. The van der Waals surface area contributed by atoms with E-state index in [0.29, 0.717) is 19.5 Å². The van der Waals surface area contributed by atoms with Crippen LogP contribution in [0.3, 0.4) is 0 Å². The van der Waals surface area contributed by atoms with Crippen LogP contribution < -0.4 is 4.72 Å². The molecule has 3 aromatic rings. The molecule has 0 unspecified atom stereocenters. The zero-order chi connectivity index (χ0) is 21.9. The molecule has 31 heavy (non-hydrogen) atoms. The average molecular weight is 461 g/mol. The normalized spacial score (nSPS) is 15.4. The third-order valence-corrected chi connectivity index (χ3v) is 8.64. The van der Waals surface area contributed by atoms with E-state index in [1.54, 1.807) is 10.9 Å². The van der Waals surface area contributed by atoms with Gasteiger partial charge in [-0.25, -0.2) is 26.2 Å². The monoisotopic (exact) mass is 460 g/mol.